The van der Waals surface area contributed by atoms with Gasteiger partial charge in [0, 0.05) is 23.1 Å². The molecule has 0 spiro atoms. The molecule has 2 rings (SSSR count). The lowest BCUT2D eigenvalue weighted by molar-refractivity contribution is -0.157. The maximum atomic E-state index is 11.0. The van der Waals surface area contributed by atoms with Crippen molar-refractivity contribution < 1.29 is 43.2 Å². The van der Waals surface area contributed by atoms with Crippen molar-refractivity contribution in [3.05, 3.63) is 72.4 Å². The highest BCUT2D eigenvalue weighted by atomic mass is 16.6. The molecule has 9 nitrogen and oxygen atoms in total. The van der Waals surface area contributed by atoms with Gasteiger partial charge in [-0.05, 0) is 26.3 Å². The summed E-state index contributed by atoms with van der Waals surface area (Å²) < 4.78 is 18.8. The molecule has 1 heterocycles. The van der Waals surface area contributed by atoms with Crippen molar-refractivity contribution in [2.75, 3.05) is 19.8 Å². The lowest BCUT2D eigenvalue weighted by Gasteiger charge is -2.06. The van der Waals surface area contributed by atoms with E-state index in [-0.39, 0.29) is 24.8 Å². The third kappa shape index (κ3) is 13.6. The van der Waals surface area contributed by atoms with Gasteiger partial charge in [-0.3, -0.25) is 0 Å². The average molecular weight is 477 g/mol. The molecule has 1 unspecified atom stereocenters. The molecule has 0 amide bonds. The number of esters is 4. The predicted octanol–water partition coefficient (Wildman–Crippen LogP) is 2.83. The Kier molecular flexibility index (Phi) is 15.0. The summed E-state index contributed by atoms with van der Waals surface area (Å²) >= 11 is 0. The Hall–Kier alpha value is -3.72. The van der Waals surface area contributed by atoms with E-state index in [1.165, 1.54) is 6.92 Å². The second kappa shape index (κ2) is 16.8. The number of hydrogen-bond acceptors (Lipinski definition) is 9. The fourth-order valence-corrected chi connectivity index (χ4v) is 1.92. The van der Waals surface area contributed by atoms with E-state index in [2.05, 4.69) is 29.2 Å². The molecule has 1 aliphatic heterocycles. The predicted molar refractivity (Wildman–Crippen MR) is 124 cm³/mol. The summed E-state index contributed by atoms with van der Waals surface area (Å²) in [4.78, 5) is 43.2. The highest BCUT2D eigenvalue weighted by Gasteiger charge is 2.30. The molecule has 0 aliphatic carbocycles. The lowest BCUT2D eigenvalue weighted by atomic mass is 10.2. The highest BCUT2D eigenvalue weighted by molar-refractivity contribution is 5.89. The fourth-order valence-electron chi connectivity index (χ4n) is 1.92. The molecule has 0 bridgehead atoms. The number of ether oxygens (including phenoxy) is 4. The van der Waals surface area contributed by atoms with Crippen molar-refractivity contribution >= 4 is 23.9 Å². The van der Waals surface area contributed by atoms with E-state index < -0.39 is 24.0 Å². The second-order valence-corrected chi connectivity index (χ2v) is 7.11. The first-order valence-electron chi connectivity index (χ1n) is 10.3. The fraction of sp³-hybridized carbons (Fsp3) is 0.360. The summed E-state index contributed by atoms with van der Waals surface area (Å²) in [5.74, 6) is -1.81. The van der Waals surface area contributed by atoms with Crippen LogP contribution in [0.4, 0.5) is 0 Å². The van der Waals surface area contributed by atoms with Crippen LogP contribution in [-0.4, -0.2) is 54.9 Å². The Morgan fingerprint density at radius 3 is 1.91 bits per heavy atom. The summed E-state index contributed by atoms with van der Waals surface area (Å²) in [5, 5.41) is 8.19. The molecule has 0 radical (unpaired) electrons. The van der Waals surface area contributed by atoms with Crippen molar-refractivity contribution in [1.82, 2.24) is 0 Å². The Balaban J connectivity index is 0.000000490. The number of cyclic esters (lactones) is 1. The molecular weight excluding hydrogens is 444 g/mol. The van der Waals surface area contributed by atoms with Crippen molar-refractivity contribution in [2.45, 2.75) is 39.9 Å². The van der Waals surface area contributed by atoms with Gasteiger partial charge in [-0.15, -0.1) is 0 Å². The zero-order valence-electron chi connectivity index (χ0n) is 19.8. The summed E-state index contributed by atoms with van der Waals surface area (Å²) in [7, 11) is 0. The Labute approximate surface area is 199 Å². The molecule has 34 heavy (non-hydrogen) atoms. The summed E-state index contributed by atoms with van der Waals surface area (Å²) in [5.41, 5.74) is 2.05. The summed E-state index contributed by atoms with van der Waals surface area (Å²) in [6.45, 7) is 15.5. The number of rotatable bonds is 8. The minimum Gasteiger partial charge on any atom is -0.463 e. The molecule has 1 fully saturated rings. The molecule has 1 aromatic rings. The van der Waals surface area contributed by atoms with E-state index in [0.29, 0.717) is 30.8 Å². The van der Waals surface area contributed by atoms with Gasteiger partial charge >= 0.3 is 23.9 Å². The largest absolute Gasteiger partial charge is 0.463 e. The number of hydrogen-bond donors (Lipinski definition) is 1. The van der Waals surface area contributed by atoms with Crippen molar-refractivity contribution in [1.29, 1.82) is 0 Å². The van der Waals surface area contributed by atoms with Gasteiger partial charge in [0.25, 0.3) is 0 Å². The van der Waals surface area contributed by atoms with Crippen LogP contribution in [0.3, 0.4) is 0 Å². The van der Waals surface area contributed by atoms with Gasteiger partial charge < -0.3 is 24.1 Å². The van der Waals surface area contributed by atoms with Crippen molar-refractivity contribution in [3.63, 3.8) is 0 Å². The van der Waals surface area contributed by atoms with E-state index >= 15 is 0 Å². The van der Waals surface area contributed by atoms with Crippen LogP contribution in [-0.2, 0) is 44.7 Å². The van der Waals surface area contributed by atoms with Crippen LogP contribution in [0.1, 0.15) is 32.8 Å². The molecule has 9 heteroatoms. The molecule has 186 valence electrons. The van der Waals surface area contributed by atoms with Crippen LogP contribution in [0, 0.1) is 0 Å². The Morgan fingerprint density at radius 1 is 0.941 bits per heavy atom. The number of carbonyl (C=O) groups is 4. The first-order chi connectivity index (χ1) is 16.0. The molecule has 0 aromatic heterocycles. The quantitative estimate of drug-likeness (QED) is 0.342. The summed E-state index contributed by atoms with van der Waals surface area (Å²) in [6, 6.07) is 9.55. The maximum Gasteiger partial charge on any atom is 0.347 e. The molecule has 1 N–H and O–H groups in total. The average Bonchev–Trinajstić information content (AvgIpc) is 3.21. The maximum absolute atomic E-state index is 11.0. The van der Waals surface area contributed by atoms with Crippen LogP contribution < -0.4 is 0 Å². The van der Waals surface area contributed by atoms with Gasteiger partial charge in [0.15, 0.2) is 0 Å². The third-order valence-corrected chi connectivity index (χ3v) is 3.72. The van der Waals surface area contributed by atoms with Crippen LogP contribution >= 0.6 is 0 Å². The zero-order chi connectivity index (χ0) is 26.1. The Morgan fingerprint density at radius 2 is 1.47 bits per heavy atom. The normalized spacial score (nSPS) is 13.5. The minimum atomic E-state index is -0.728. The van der Waals surface area contributed by atoms with E-state index in [1.807, 2.05) is 30.3 Å². The molecule has 1 atom stereocenters. The first-order valence-corrected chi connectivity index (χ1v) is 10.3. The van der Waals surface area contributed by atoms with E-state index in [0.717, 1.165) is 5.56 Å². The lowest BCUT2D eigenvalue weighted by Crippen LogP contribution is -2.22. The molecule has 1 aliphatic rings. The van der Waals surface area contributed by atoms with E-state index in [9.17, 15) is 19.2 Å². The number of aliphatic hydroxyl groups is 1. The van der Waals surface area contributed by atoms with Gasteiger partial charge in [0.1, 0.15) is 13.2 Å². The van der Waals surface area contributed by atoms with Gasteiger partial charge in [0.2, 0.25) is 6.10 Å². The SMILES string of the molecule is C=C(C)C(=O)OC1CCOC1=O.C=C(C)C(=O)OCCO.C=C(C)C(=O)OCc1ccccc1. The topological polar surface area (TPSA) is 125 Å². The molecule has 0 saturated carbocycles. The van der Waals surface area contributed by atoms with Gasteiger partial charge in [0.05, 0.1) is 13.2 Å². The standard InChI is InChI=1S/C11H12O2.C8H10O4.C6H10O3/c1-9(2)11(12)13-8-10-6-4-3-5-7-10;1-5(2)7(9)12-6-3-4-11-8(6)10;1-5(2)6(8)9-4-3-7/h3-7H,1,8H2,2H3;6H,1,3-4H2,2H3;7H,1,3-4H2,2H3. The monoisotopic (exact) mass is 476 g/mol. The molecule has 1 aromatic carbocycles. The van der Waals surface area contributed by atoms with Crippen LogP contribution in [0.25, 0.3) is 0 Å². The third-order valence-electron chi connectivity index (χ3n) is 3.72. The summed E-state index contributed by atoms with van der Waals surface area (Å²) in [6.07, 6.45) is -0.285. The second-order valence-electron chi connectivity index (χ2n) is 7.11. The highest BCUT2D eigenvalue weighted by Crippen LogP contribution is 2.11. The van der Waals surface area contributed by atoms with Crippen molar-refractivity contribution in [2.24, 2.45) is 0 Å². The van der Waals surface area contributed by atoms with E-state index in [1.54, 1.807) is 13.8 Å². The Bertz CT molecular complexity index is 872. The smallest absolute Gasteiger partial charge is 0.347 e. The van der Waals surface area contributed by atoms with E-state index in [4.69, 9.17) is 14.6 Å². The zero-order valence-corrected chi connectivity index (χ0v) is 19.8. The number of benzene rings is 1. The molecule has 1 saturated heterocycles. The van der Waals surface area contributed by atoms with Crippen LogP contribution in [0.5, 0.6) is 0 Å². The number of carbonyl (C=O) groups excluding carboxylic acids is 4. The first kappa shape index (κ1) is 30.3. The van der Waals surface area contributed by atoms with Gasteiger partial charge in [-0.1, -0.05) is 50.1 Å². The van der Waals surface area contributed by atoms with Gasteiger partial charge in [-0.2, -0.15) is 0 Å². The van der Waals surface area contributed by atoms with Gasteiger partial charge in [-0.25, -0.2) is 19.2 Å². The number of aliphatic hydroxyl groups excluding tert-OH is 1. The molecular formula is C25H32O9. The van der Waals surface area contributed by atoms with Crippen molar-refractivity contribution in [3.8, 4) is 0 Å². The minimum absolute atomic E-state index is 0.0473. The van der Waals surface area contributed by atoms with Crippen LogP contribution in [0.2, 0.25) is 0 Å². The van der Waals surface area contributed by atoms with Crippen LogP contribution in [0.15, 0.2) is 66.8 Å².